The predicted octanol–water partition coefficient (Wildman–Crippen LogP) is 1.25. The third kappa shape index (κ3) is 3.85. The Morgan fingerprint density at radius 1 is 1.50 bits per heavy atom. The number of aliphatic hydroxyl groups excluding tert-OH is 1. The lowest BCUT2D eigenvalue weighted by molar-refractivity contribution is 0.130. The molecule has 61 valence electrons. The summed E-state index contributed by atoms with van der Waals surface area (Å²) in [6.07, 6.45) is 0. The third-order valence-electron chi connectivity index (χ3n) is 1.51. The summed E-state index contributed by atoms with van der Waals surface area (Å²) in [4.78, 5) is 0. The summed E-state index contributed by atoms with van der Waals surface area (Å²) in [7, 11) is 0. The van der Waals surface area contributed by atoms with Gasteiger partial charge in [-0.3, -0.25) is 0 Å². The van der Waals surface area contributed by atoms with E-state index >= 15 is 0 Å². The summed E-state index contributed by atoms with van der Waals surface area (Å²) in [5.74, 6) is 1.50. The minimum absolute atomic E-state index is 0.150. The van der Waals surface area contributed by atoms with Crippen molar-refractivity contribution in [2.45, 2.75) is 20.8 Å². The van der Waals surface area contributed by atoms with Gasteiger partial charge in [0.05, 0.1) is 13.2 Å². The smallest absolute Gasteiger partial charge is 0.0553 e. The van der Waals surface area contributed by atoms with Crippen LogP contribution in [-0.4, -0.2) is 24.9 Å². The van der Waals surface area contributed by atoms with Crippen molar-refractivity contribution in [2.75, 3.05) is 19.8 Å². The quantitative estimate of drug-likeness (QED) is 0.630. The minimum atomic E-state index is 0.150. The van der Waals surface area contributed by atoms with Crippen LogP contribution in [0.2, 0.25) is 0 Å². The van der Waals surface area contributed by atoms with Crippen molar-refractivity contribution in [3.63, 3.8) is 0 Å². The third-order valence-corrected chi connectivity index (χ3v) is 1.51. The molecule has 2 nitrogen and oxygen atoms in total. The van der Waals surface area contributed by atoms with Crippen LogP contribution >= 0.6 is 0 Å². The highest BCUT2D eigenvalue weighted by Gasteiger charge is 2.11. The first kappa shape index (κ1) is 9.92. The van der Waals surface area contributed by atoms with Gasteiger partial charge in [-0.05, 0) is 12.8 Å². The van der Waals surface area contributed by atoms with Crippen molar-refractivity contribution in [1.82, 2.24) is 0 Å². The second-order valence-electron chi connectivity index (χ2n) is 2.61. The Morgan fingerprint density at radius 2 is 2.10 bits per heavy atom. The van der Waals surface area contributed by atoms with Crippen LogP contribution in [0.3, 0.4) is 0 Å². The lowest BCUT2D eigenvalue weighted by Gasteiger charge is -2.16. The number of aliphatic hydroxyl groups is 1. The van der Waals surface area contributed by atoms with Crippen molar-refractivity contribution in [3.05, 3.63) is 5.92 Å². The van der Waals surface area contributed by atoms with Crippen molar-refractivity contribution in [1.29, 1.82) is 0 Å². The molecular formula is C8H17O2. The first-order valence-corrected chi connectivity index (χ1v) is 3.75. The van der Waals surface area contributed by atoms with Crippen LogP contribution in [-0.2, 0) is 4.74 Å². The van der Waals surface area contributed by atoms with Gasteiger partial charge in [0.15, 0.2) is 0 Å². The van der Waals surface area contributed by atoms with Crippen molar-refractivity contribution in [3.8, 4) is 0 Å². The minimum Gasteiger partial charge on any atom is -0.396 e. The van der Waals surface area contributed by atoms with Gasteiger partial charge in [0, 0.05) is 12.5 Å². The van der Waals surface area contributed by atoms with Crippen LogP contribution in [0.25, 0.3) is 0 Å². The number of ether oxygens (including phenoxy) is 1. The van der Waals surface area contributed by atoms with Gasteiger partial charge >= 0.3 is 0 Å². The summed E-state index contributed by atoms with van der Waals surface area (Å²) in [6, 6.07) is 0. The van der Waals surface area contributed by atoms with Crippen molar-refractivity contribution < 1.29 is 9.84 Å². The van der Waals surface area contributed by atoms with Gasteiger partial charge in [0.1, 0.15) is 0 Å². The molecule has 0 unspecified atom stereocenters. The molecule has 0 heterocycles. The van der Waals surface area contributed by atoms with E-state index < -0.39 is 0 Å². The van der Waals surface area contributed by atoms with Gasteiger partial charge in [-0.25, -0.2) is 0 Å². The Hall–Kier alpha value is -0.0800. The second-order valence-corrected chi connectivity index (χ2v) is 2.61. The molecule has 0 fully saturated rings. The van der Waals surface area contributed by atoms with E-state index in [0.717, 1.165) is 12.5 Å². The summed E-state index contributed by atoms with van der Waals surface area (Å²) in [5.41, 5.74) is 0. The molecule has 0 saturated heterocycles. The Balaban J connectivity index is 3.40. The van der Waals surface area contributed by atoms with E-state index in [0.29, 0.717) is 12.5 Å². The molecule has 0 spiro atoms. The Labute approximate surface area is 63.2 Å². The maximum Gasteiger partial charge on any atom is 0.0553 e. The van der Waals surface area contributed by atoms with Gasteiger partial charge in [0.25, 0.3) is 0 Å². The number of hydrogen-bond donors (Lipinski definition) is 1. The molecule has 0 aromatic heterocycles. The number of hydrogen-bond acceptors (Lipinski definition) is 2. The summed E-state index contributed by atoms with van der Waals surface area (Å²) in [6.45, 7) is 7.54. The Morgan fingerprint density at radius 3 is 2.40 bits per heavy atom. The Bertz CT molecular complexity index is 71.7. The zero-order valence-corrected chi connectivity index (χ0v) is 7.05. The van der Waals surface area contributed by atoms with E-state index in [1.54, 1.807) is 0 Å². The molecule has 1 N–H and O–H groups in total. The highest BCUT2D eigenvalue weighted by atomic mass is 16.5. The maximum absolute atomic E-state index is 8.81. The molecule has 0 amide bonds. The first-order chi connectivity index (χ1) is 4.72. The standard InChI is InChI=1S/C8H17O2/c1-4-10-6-8(5-9)7(2)3/h7,9H,4-6H2,1-3H3. The average Bonchev–Trinajstić information content (AvgIpc) is 1.89. The lowest BCUT2D eigenvalue weighted by Crippen LogP contribution is -2.17. The highest BCUT2D eigenvalue weighted by Crippen LogP contribution is 2.12. The molecule has 2 heteroatoms. The largest absolute Gasteiger partial charge is 0.396 e. The van der Waals surface area contributed by atoms with Crippen LogP contribution in [0.1, 0.15) is 20.8 Å². The van der Waals surface area contributed by atoms with Crippen LogP contribution in [0, 0.1) is 11.8 Å². The molecule has 0 aromatic rings. The molecule has 0 rings (SSSR count). The average molecular weight is 145 g/mol. The SMILES string of the molecule is CCOC[C](CO)C(C)C. The van der Waals surface area contributed by atoms with E-state index in [4.69, 9.17) is 9.84 Å². The highest BCUT2D eigenvalue weighted by molar-refractivity contribution is 4.92. The van der Waals surface area contributed by atoms with E-state index in [1.807, 2.05) is 6.92 Å². The molecule has 0 atom stereocenters. The second kappa shape index (κ2) is 5.69. The van der Waals surface area contributed by atoms with E-state index in [1.165, 1.54) is 0 Å². The molecule has 0 saturated carbocycles. The molecule has 0 aliphatic heterocycles. The molecule has 1 radical (unpaired) electrons. The molecule has 0 aromatic carbocycles. The zero-order chi connectivity index (χ0) is 7.98. The summed E-state index contributed by atoms with van der Waals surface area (Å²) < 4.78 is 5.15. The van der Waals surface area contributed by atoms with Gasteiger partial charge in [-0.1, -0.05) is 13.8 Å². The monoisotopic (exact) mass is 145 g/mol. The molecular weight excluding hydrogens is 128 g/mol. The van der Waals surface area contributed by atoms with Crippen molar-refractivity contribution in [2.24, 2.45) is 5.92 Å². The first-order valence-electron chi connectivity index (χ1n) is 3.75. The molecule has 0 aliphatic rings. The molecule has 0 aliphatic carbocycles. The predicted molar refractivity (Wildman–Crippen MR) is 41.7 cm³/mol. The van der Waals surface area contributed by atoms with Crippen LogP contribution in [0.4, 0.5) is 0 Å². The fraction of sp³-hybridized carbons (Fsp3) is 0.875. The number of rotatable bonds is 5. The van der Waals surface area contributed by atoms with E-state index in [-0.39, 0.29) is 6.61 Å². The van der Waals surface area contributed by atoms with Gasteiger partial charge in [0.2, 0.25) is 0 Å². The normalized spacial score (nSPS) is 11.4. The Kier molecular flexibility index (Phi) is 5.64. The molecule has 10 heavy (non-hydrogen) atoms. The zero-order valence-electron chi connectivity index (χ0n) is 7.05. The fourth-order valence-corrected chi connectivity index (χ4v) is 0.628. The van der Waals surface area contributed by atoms with Crippen molar-refractivity contribution >= 4 is 0 Å². The summed E-state index contributed by atoms with van der Waals surface area (Å²) >= 11 is 0. The van der Waals surface area contributed by atoms with Gasteiger partial charge in [-0.2, -0.15) is 0 Å². The fourth-order valence-electron chi connectivity index (χ4n) is 0.628. The summed E-state index contributed by atoms with van der Waals surface area (Å²) in [5, 5.41) is 8.81. The maximum atomic E-state index is 8.81. The molecule has 0 bridgehead atoms. The van der Waals surface area contributed by atoms with Gasteiger partial charge < -0.3 is 9.84 Å². The van der Waals surface area contributed by atoms with Crippen LogP contribution < -0.4 is 0 Å². The van der Waals surface area contributed by atoms with E-state index in [2.05, 4.69) is 13.8 Å². The topological polar surface area (TPSA) is 29.5 Å². The van der Waals surface area contributed by atoms with E-state index in [9.17, 15) is 0 Å². The lowest BCUT2D eigenvalue weighted by atomic mass is 9.98. The van der Waals surface area contributed by atoms with Gasteiger partial charge in [-0.15, -0.1) is 0 Å². The van der Waals surface area contributed by atoms with Crippen LogP contribution in [0.15, 0.2) is 0 Å². The van der Waals surface area contributed by atoms with Crippen LogP contribution in [0.5, 0.6) is 0 Å².